The molecule has 0 atom stereocenters. The first kappa shape index (κ1) is 18.1. The highest BCUT2D eigenvalue weighted by Crippen LogP contribution is 2.29. The van der Waals surface area contributed by atoms with E-state index in [-0.39, 0.29) is 13.1 Å². The van der Waals surface area contributed by atoms with Gasteiger partial charge >= 0.3 is 6.18 Å². The third-order valence-corrected chi connectivity index (χ3v) is 2.86. The zero-order valence-corrected chi connectivity index (χ0v) is 12.7. The number of rotatable bonds is 7. The highest BCUT2D eigenvalue weighted by Gasteiger charge is 2.27. The van der Waals surface area contributed by atoms with E-state index in [0.717, 1.165) is 0 Å². The number of benzene rings is 1. The maximum absolute atomic E-state index is 12.1. The molecule has 0 unspecified atom stereocenters. The summed E-state index contributed by atoms with van der Waals surface area (Å²) in [7, 11) is 4.42. The van der Waals surface area contributed by atoms with Crippen LogP contribution < -0.4 is 14.8 Å². The molecule has 1 rings (SSSR count). The summed E-state index contributed by atoms with van der Waals surface area (Å²) in [5.41, 5.74) is 0.479. The molecule has 1 amide bonds. The lowest BCUT2D eigenvalue weighted by Crippen LogP contribution is -2.32. The van der Waals surface area contributed by atoms with Crippen LogP contribution in [0.1, 0.15) is 6.42 Å². The molecule has 0 saturated heterocycles. The highest BCUT2D eigenvalue weighted by atomic mass is 19.4. The van der Waals surface area contributed by atoms with Crippen molar-refractivity contribution < 1.29 is 27.4 Å². The van der Waals surface area contributed by atoms with Gasteiger partial charge in [0, 0.05) is 18.3 Å². The topological polar surface area (TPSA) is 50.8 Å². The maximum atomic E-state index is 12.1. The molecule has 0 bridgehead atoms. The lowest BCUT2D eigenvalue weighted by atomic mass is 10.2. The fourth-order valence-electron chi connectivity index (χ4n) is 1.76. The Hall–Kier alpha value is -1.96. The highest BCUT2D eigenvalue weighted by molar-refractivity contribution is 5.92. The third kappa shape index (κ3) is 6.21. The SMILES string of the molecule is COc1ccc(NC(=O)CN(C)CCC(F)(F)F)cc1OC. The molecule has 0 fully saturated rings. The van der Waals surface area contributed by atoms with Crippen molar-refractivity contribution in [1.29, 1.82) is 0 Å². The van der Waals surface area contributed by atoms with Crippen LogP contribution in [0.5, 0.6) is 11.5 Å². The van der Waals surface area contributed by atoms with Gasteiger partial charge in [-0.2, -0.15) is 13.2 Å². The average molecular weight is 320 g/mol. The Kier molecular flexibility index (Phi) is 6.48. The van der Waals surface area contributed by atoms with Gasteiger partial charge in [-0.1, -0.05) is 0 Å². The number of carbonyl (C=O) groups excluding carboxylic acids is 1. The molecule has 0 radical (unpaired) electrons. The van der Waals surface area contributed by atoms with Crippen molar-refractivity contribution in [3.63, 3.8) is 0 Å². The first-order valence-corrected chi connectivity index (χ1v) is 6.52. The standard InChI is InChI=1S/C14H19F3N2O3/c1-19(7-6-14(15,16)17)9-13(20)18-10-4-5-11(21-2)12(8-10)22-3/h4-5,8H,6-7,9H2,1-3H3,(H,18,20). The normalized spacial score (nSPS) is 11.4. The van der Waals surface area contributed by atoms with Gasteiger partial charge < -0.3 is 14.8 Å². The first-order valence-electron chi connectivity index (χ1n) is 6.52. The van der Waals surface area contributed by atoms with Gasteiger partial charge in [0.05, 0.1) is 27.2 Å². The summed E-state index contributed by atoms with van der Waals surface area (Å²) in [6, 6.07) is 4.82. The van der Waals surface area contributed by atoms with Gasteiger partial charge in [0.25, 0.3) is 0 Å². The summed E-state index contributed by atoms with van der Waals surface area (Å²) in [5.74, 6) is 0.561. The van der Waals surface area contributed by atoms with Crippen LogP contribution in [0.2, 0.25) is 0 Å². The number of carbonyl (C=O) groups is 1. The van der Waals surface area contributed by atoms with Gasteiger partial charge in [-0.05, 0) is 19.2 Å². The van der Waals surface area contributed by atoms with E-state index < -0.39 is 18.5 Å². The Morgan fingerprint density at radius 2 is 1.86 bits per heavy atom. The minimum absolute atomic E-state index is 0.134. The van der Waals surface area contributed by atoms with Crippen LogP contribution in [0, 0.1) is 0 Å². The van der Waals surface area contributed by atoms with E-state index in [1.165, 1.54) is 26.2 Å². The summed E-state index contributed by atoms with van der Waals surface area (Å²) in [5, 5.41) is 2.60. The van der Waals surface area contributed by atoms with Crippen molar-refractivity contribution in [2.24, 2.45) is 0 Å². The summed E-state index contributed by atoms with van der Waals surface area (Å²) in [4.78, 5) is 13.1. The maximum Gasteiger partial charge on any atom is 0.390 e. The van der Waals surface area contributed by atoms with Crippen molar-refractivity contribution in [2.45, 2.75) is 12.6 Å². The van der Waals surface area contributed by atoms with E-state index in [9.17, 15) is 18.0 Å². The van der Waals surface area contributed by atoms with Gasteiger partial charge in [0.2, 0.25) is 5.91 Å². The fourth-order valence-corrected chi connectivity index (χ4v) is 1.76. The molecule has 0 aliphatic carbocycles. The second-order valence-corrected chi connectivity index (χ2v) is 4.72. The molecule has 1 aromatic carbocycles. The first-order chi connectivity index (χ1) is 10.2. The van der Waals surface area contributed by atoms with Crippen molar-refractivity contribution in [3.8, 4) is 11.5 Å². The molecule has 22 heavy (non-hydrogen) atoms. The van der Waals surface area contributed by atoms with Crippen molar-refractivity contribution in [2.75, 3.05) is 39.7 Å². The second kappa shape index (κ2) is 7.88. The summed E-state index contributed by atoms with van der Waals surface area (Å²) in [6.45, 7) is -0.368. The molecule has 0 saturated carbocycles. The molecule has 0 spiro atoms. The Balaban J connectivity index is 2.54. The van der Waals surface area contributed by atoms with Crippen LogP contribution in [0.25, 0.3) is 0 Å². The van der Waals surface area contributed by atoms with E-state index in [1.807, 2.05) is 0 Å². The quantitative estimate of drug-likeness (QED) is 0.839. The zero-order valence-electron chi connectivity index (χ0n) is 12.7. The molecule has 5 nitrogen and oxygen atoms in total. The van der Waals surface area contributed by atoms with Crippen LogP contribution in [-0.2, 0) is 4.79 Å². The molecule has 0 aliphatic rings. The van der Waals surface area contributed by atoms with Crippen LogP contribution >= 0.6 is 0 Å². The number of hydrogen-bond donors (Lipinski definition) is 1. The zero-order chi connectivity index (χ0) is 16.8. The monoisotopic (exact) mass is 320 g/mol. The lowest BCUT2D eigenvalue weighted by molar-refractivity contribution is -0.138. The summed E-state index contributed by atoms with van der Waals surface area (Å²) < 4.78 is 46.5. The van der Waals surface area contributed by atoms with Gasteiger partial charge in [-0.25, -0.2) is 0 Å². The number of nitrogens with one attached hydrogen (secondary N) is 1. The van der Waals surface area contributed by atoms with E-state index >= 15 is 0 Å². The molecule has 8 heteroatoms. The van der Waals surface area contributed by atoms with Crippen molar-refractivity contribution in [3.05, 3.63) is 18.2 Å². The molecule has 0 aromatic heterocycles. The second-order valence-electron chi connectivity index (χ2n) is 4.72. The molecular weight excluding hydrogens is 301 g/mol. The van der Waals surface area contributed by atoms with Gasteiger partial charge in [-0.15, -0.1) is 0 Å². The largest absolute Gasteiger partial charge is 0.493 e. The number of hydrogen-bond acceptors (Lipinski definition) is 4. The Labute approximate surface area is 127 Å². The van der Waals surface area contributed by atoms with Gasteiger partial charge in [-0.3, -0.25) is 9.69 Å². The predicted octanol–water partition coefficient (Wildman–Crippen LogP) is 2.53. The number of alkyl halides is 3. The molecule has 0 heterocycles. The van der Waals surface area contributed by atoms with Gasteiger partial charge in [0.1, 0.15) is 0 Å². The summed E-state index contributed by atoms with van der Waals surface area (Å²) in [6.07, 6.45) is -5.18. The van der Waals surface area contributed by atoms with E-state index in [0.29, 0.717) is 17.2 Å². The van der Waals surface area contributed by atoms with E-state index in [2.05, 4.69) is 5.32 Å². The third-order valence-electron chi connectivity index (χ3n) is 2.86. The van der Waals surface area contributed by atoms with Crippen LogP contribution in [-0.4, -0.2) is 51.3 Å². The van der Waals surface area contributed by atoms with Gasteiger partial charge in [0.15, 0.2) is 11.5 Å². The number of methoxy groups -OCH3 is 2. The van der Waals surface area contributed by atoms with Crippen molar-refractivity contribution >= 4 is 11.6 Å². The smallest absolute Gasteiger partial charge is 0.390 e. The fraction of sp³-hybridized carbons (Fsp3) is 0.500. The molecule has 1 N–H and O–H groups in total. The Morgan fingerprint density at radius 3 is 2.41 bits per heavy atom. The van der Waals surface area contributed by atoms with E-state index in [1.54, 1.807) is 18.2 Å². The molecular formula is C14H19F3N2O3. The minimum atomic E-state index is -4.23. The van der Waals surface area contributed by atoms with Crippen LogP contribution in [0.4, 0.5) is 18.9 Å². The van der Waals surface area contributed by atoms with E-state index in [4.69, 9.17) is 9.47 Å². The number of amides is 1. The van der Waals surface area contributed by atoms with Crippen LogP contribution in [0.15, 0.2) is 18.2 Å². The van der Waals surface area contributed by atoms with Crippen molar-refractivity contribution in [1.82, 2.24) is 4.90 Å². The number of halogens is 3. The number of anilines is 1. The lowest BCUT2D eigenvalue weighted by Gasteiger charge is -2.17. The molecule has 0 aliphatic heterocycles. The minimum Gasteiger partial charge on any atom is -0.493 e. The number of likely N-dealkylation sites (N-methyl/N-ethyl adjacent to an activating group) is 1. The predicted molar refractivity (Wildman–Crippen MR) is 76.3 cm³/mol. The Bertz CT molecular complexity index is 507. The average Bonchev–Trinajstić information content (AvgIpc) is 2.44. The number of ether oxygens (including phenoxy) is 2. The molecule has 124 valence electrons. The van der Waals surface area contributed by atoms with Crippen LogP contribution in [0.3, 0.4) is 0 Å². The molecule has 1 aromatic rings. The number of nitrogens with zero attached hydrogens (tertiary/aromatic N) is 1. The summed E-state index contributed by atoms with van der Waals surface area (Å²) >= 11 is 0. The Morgan fingerprint density at radius 1 is 1.23 bits per heavy atom.